The van der Waals surface area contributed by atoms with E-state index in [4.69, 9.17) is 0 Å². The summed E-state index contributed by atoms with van der Waals surface area (Å²) < 4.78 is 38.1. The second-order valence-electron chi connectivity index (χ2n) is 7.69. The van der Waals surface area contributed by atoms with E-state index in [0.717, 1.165) is 24.1 Å². The van der Waals surface area contributed by atoms with Gasteiger partial charge in [-0.05, 0) is 48.1 Å². The van der Waals surface area contributed by atoms with Crippen molar-refractivity contribution in [3.05, 3.63) is 95.6 Å². The molecule has 3 aromatic carbocycles. The Labute approximate surface area is 184 Å². The first-order chi connectivity index (χ1) is 15.2. The first-order valence-corrected chi connectivity index (χ1v) is 10.3. The van der Waals surface area contributed by atoms with Crippen LogP contribution in [-0.4, -0.2) is 16.9 Å². The van der Waals surface area contributed by atoms with E-state index in [9.17, 15) is 27.9 Å². The third-order valence-electron chi connectivity index (χ3n) is 5.39. The van der Waals surface area contributed by atoms with Gasteiger partial charge in [-0.3, -0.25) is 9.59 Å². The fraction of sp³-hybridized carbons (Fsp3) is 0.231. The number of hydrogen-bond donors (Lipinski definition) is 1. The van der Waals surface area contributed by atoms with E-state index in [0.29, 0.717) is 29.5 Å². The summed E-state index contributed by atoms with van der Waals surface area (Å²) in [5, 5.41) is 9.51. The van der Waals surface area contributed by atoms with Crippen LogP contribution in [0.15, 0.2) is 78.9 Å². The van der Waals surface area contributed by atoms with Gasteiger partial charge in [-0.15, -0.1) is 0 Å². The van der Waals surface area contributed by atoms with Crippen LogP contribution in [0.2, 0.25) is 0 Å². The molecular weight excluding hydrogens is 417 g/mol. The molecule has 0 aliphatic heterocycles. The summed E-state index contributed by atoms with van der Waals surface area (Å²) in [6.07, 6.45) is -2.66. The van der Waals surface area contributed by atoms with Gasteiger partial charge in [0.15, 0.2) is 5.78 Å². The van der Waals surface area contributed by atoms with Crippen molar-refractivity contribution in [2.24, 2.45) is 5.92 Å². The Bertz CT molecular complexity index is 1040. The lowest BCUT2D eigenvalue weighted by molar-refractivity contribution is -0.142. The number of carbonyl (C=O) groups is 2. The molecule has 32 heavy (non-hydrogen) atoms. The Morgan fingerprint density at radius 1 is 0.812 bits per heavy atom. The molecule has 3 rings (SSSR count). The zero-order valence-corrected chi connectivity index (χ0v) is 17.3. The highest BCUT2D eigenvalue weighted by Gasteiger charge is 2.30. The highest BCUT2D eigenvalue weighted by Crippen LogP contribution is 2.31. The SMILES string of the molecule is O=C(CC(CCCc1ccccc1)C(=O)O)c1ccc(-c2ccc(C(F)(F)F)cc2)cc1. The molecule has 1 N–H and O–H groups in total. The van der Waals surface area contributed by atoms with E-state index < -0.39 is 23.6 Å². The van der Waals surface area contributed by atoms with Crippen molar-refractivity contribution in [2.75, 3.05) is 0 Å². The molecule has 0 saturated heterocycles. The minimum atomic E-state index is -4.39. The van der Waals surface area contributed by atoms with Gasteiger partial charge in [0.1, 0.15) is 0 Å². The van der Waals surface area contributed by atoms with Crippen LogP contribution in [-0.2, 0) is 17.4 Å². The molecule has 0 spiro atoms. The molecule has 0 bridgehead atoms. The van der Waals surface area contributed by atoms with Gasteiger partial charge < -0.3 is 5.11 Å². The Kier molecular flexibility index (Phi) is 7.46. The third kappa shape index (κ3) is 6.30. The number of ketones is 1. The molecular formula is C26H23F3O3. The number of Topliss-reactive ketones (excluding diaryl/α,β-unsaturated/α-hetero) is 1. The summed E-state index contributed by atoms with van der Waals surface area (Å²) >= 11 is 0. The maximum absolute atomic E-state index is 12.7. The molecule has 1 atom stereocenters. The summed E-state index contributed by atoms with van der Waals surface area (Å²) in [7, 11) is 0. The zero-order valence-electron chi connectivity index (χ0n) is 17.3. The van der Waals surface area contributed by atoms with Crippen molar-refractivity contribution in [3.8, 4) is 11.1 Å². The quantitative estimate of drug-likeness (QED) is 0.378. The maximum atomic E-state index is 12.7. The standard InChI is InChI=1S/C26H23F3O3/c27-26(28,29)23-15-13-20(14-16-23)19-9-11-21(12-10-19)24(30)17-22(25(31)32)8-4-7-18-5-2-1-3-6-18/h1-3,5-6,9-16,22H,4,7-8,17H2,(H,31,32). The Hall–Kier alpha value is -3.41. The number of aliphatic carboxylic acids is 1. The summed E-state index contributed by atoms with van der Waals surface area (Å²) in [5.74, 6) is -2.02. The summed E-state index contributed by atoms with van der Waals surface area (Å²) in [4.78, 5) is 24.2. The van der Waals surface area contributed by atoms with Gasteiger partial charge in [-0.1, -0.05) is 66.7 Å². The van der Waals surface area contributed by atoms with Gasteiger partial charge in [-0.25, -0.2) is 0 Å². The van der Waals surface area contributed by atoms with Crippen molar-refractivity contribution >= 4 is 11.8 Å². The Morgan fingerprint density at radius 2 is 1.38 bits per heavy atom. The predicted molar refractivity (Wildman–Crippen MR) is 116 cm³/mol. The third-order valence-corrected chi connectivity index (χ3v) is 5.39. The van der Waals surface area contributed by atoms with Crippen molar-refractivity contribution in [1.29, 1.82) is 0 Å². The van der Waals surface area contributed by atoms with Crippen LogP contribution in [0.3, 0.4) is 0 Å². The van der Waals surface area contributed by atoms with Crippen LogP contribution >= 0.6 is 0 Å². The molecule has 1 unspecified atom stereocenters. The molecule has 0 aromatic heterocycles. The zero-order chi connectivity index (χ0) is 23.1. The van der Waals surface area contributed by atoms with Crippen molar-refractivity contribution in [1.82, 2.24) is 0 Å². The number of carbonyl (C=O) groups excluding carboxylic acids is 1. The molecule has 3 aromatic rings. The van der Waals surface area contributed by atoms with E-state index in [1.165, 1.54) is 12.1 Å². The summed E-state index contributed by atoms with van der Waals surface area (Å²) in [6.45, 7) is 0. The second kappa shape index (κ2) is 10.3. The Balaban J connectivity index is 1.60. The molecule has 0 radical (unpaired) electrons. The average molecular weight is 440 g/mol. The minimum Gasteiger partial charge on any atom is -0.481 e. The minimum absolute atomic E-state index is 0.0935. The lowest BCUT2D eigenvalue weighted by Gasteiger charge is -2.12. The van der Waals surface area contributed by atoms with Gasteiger partial charge in [0.05, 0.1) is 11.5 Å². The van der Waals surface area contributed by atoms with Crippen LogP contribution in [0.25, 0.3) is 11.1 Å². The predicted octanol–water partition coefficient (Wildman–Crippen LogP) is 6.67. The van der Waals surface area contributed by atoms with Crippen molar-refractivity contribution in [3.63, 3.8) is 0 Å². The molecule has 0 heterocycles. The smallest absolute Gasteiger partial charge is 0.416 e. The number of aryl methyl sites for hydroxylation is 1. The number of halogens is 3. The molecule has 0 aliphatic carbocycles. The molecule has 166 valence electrons. The van der Waals surface area contributed by atoms with Gasteiger partial charge in [-0.2, -0.15) is 13.2 Å². The number of carboxylic acids is 1. The number of hydrogen-bond acceptors (Lipinski definition) is 2. The molecule has 0 saturated carbocycles. The lowest BCUT2D eigenvalue weighted by Crippen LogP contribution is -2.18. The molecule has 3 nitrogen and oxygen atoms in total. The summed E-state index contributed by atoms with van der Waals surface area (Å²) in [5.41, 5.74) is 2.06. The van der Waals surface area contributed by atoms with E-state index in [-0.39, 0.29) is 12.2 Å². The molecule has 6 heteroatoms. The highest BCUT2D eigenvalue weighted by molar-refractivity contribution is 5.98. The number of carboxylic acid groups (broad SMARTS) is 1. The Morgan fingerprint density at radius 3 is 1.91 bits per heavy atom. The molecule has 0 aliphatic rings. The van der Waals surface area contributed by atoms with E-state index >= 15 is 0 Å². The number of alkyl halides is 3. The largest absolute Gasteiger partial charge is 0.481 e. The van der Waals surface area contributed by atoms with Crippen molar-refractivity contribution in [2.45, 2.75) is 31.9 Å². The van der Waals surface area contributed by atoms with E-state index in [2.05, 4.69) is 0 Å². The average Bonchev–Trinajstić information content (AvgIpc) is 2.78. The van der Waals surface area contributed by atoms with Crippen LogP contribution < -0.4 is 0 Å². The van der Waals surface area contributed by atoms with Crippen LogP contribution in [0.1, 0.15) is 40.7 Å². The monoisotopic (exact) mass is 440 g/mol. The molecule has 0 amide bonds. The topological polar surface area (TPSA) is 54.4 Å². The summed E-state index contributed by atoms with van der Waals surface area (Å²) in [6, 6.07) is 21.0. The van der Waals surface area contributed by atoms with E-state index in [1.807, 2.05) is 30.3 Å². The van der Waals surface area contributed by atoms with Crippen LogP contribution in [0.4, 0.5) is 13.2 Å². The fourth-order valence-electron chi connectivity index (χ4n) is 3.55. The van der Waals surface area contributed by atoms with E-state index in [1.54, 1.807) is 24.3 Å². The van der Waals surface area contributed by atoms with Gasteiger partial charge >= 0.3 is 12.1 Å². The molecule has 0 fully saturated rings. The maximum Gasteiger partial charge on any atom is 0.416 e. The normalized spacial score (nSPS) is 12.3. The van der Waals surface area contributed by atoms with Crippen LogP contribution in [0.5, 0.6) is 0 Å². The first kappa shape index (κ1) is 23.3. The van der Waals surface area contributed by atoms with Gasteiger partial charge in [0, 0.05) is 12.0 Å². The van der Waals surface area contributed by atoms with Gasteiger partial charge in [0.25, 0.3) is 0 Å². The first-order valence-electron chi connectivity index (χ1n) is 10.3. The highest BCUT2D eigenvalue weighted by atomic mass is 19.4. The van der Waals surface area contributed by atoms with Gasteiger partial charge in [0.2, 0.25) is 0 Å². The number of rotatable bonds is 9. The van der Waals surface area contributed by atoms with Crippen molar-refractivity contribution < 1.29 is 27.9 Å². The number of benzene rings is 3. The van der Waals surface area contributed by atoms with Crippen LogP contribution in [0, 0.1) is 5.92 Å². The lowest BCUT2D eigenvalue weighted by atomic mass is 9.92. The second-order valence-corrected chi connectivity index (χ2v) is 7.69. The fourth-order valence-corrected chi connectivity index (χ4v) is 3.55.